The van der Waals surface area contributed by atoms with Crippen LogP contribution in [0.3, 0.4) is 0 Å². The number of nitrogens with zero attached hydrogens (tertiary/aromatic N) is 1. The van der Waals surface area contributed by atoms with E-state index in [-0.39, 0.29) is 12.6 Å². The quantitative estimate of drug-likeness (QED) is 0.373. The van der Waals surface area contributed by atoms with E-state index in [0.29, 0.717) is 29.2 Å². The molecule has 4 aromatic rings. The van der Waals surface area contributed by atoms with Crippen molar-refractivity contribution < 1.29 is 18.4 Å². The molecule has 0 fully saturated rings. The molecule has 3 aromatic carbocycles. The molecule has 6 nitrogen and oxygen atoms in total. The van der Waals surface area contributed by atoms with Crippen LogP contribution in [-0.4, -0.2) is 16.8 Å². The largest absolute Gasteiger partial charge is 0.467 e. The lowest BCUT2D eigenvalue weighted by Crippen LogP contribution is -2.34. The van der Waals surface area contributed by atoms with E-state index >= 15 is 0 Å². The molecule has 1 heterocycles. The third-order valence-electron chi connectivity index (χ3n) is 4.89. The van der Waals surface area contributed by atoms with Gasteiger partial charge in [-0.15, -0.1) is 0 Å². The van der Waals surface area contributed by atoms with Crippen LogP contribution in [0.1, 0.15) is 21.7 Å². The number of carbonyl (C=O) groups is 2. The average Bonchev–Trinajstić information content (AvgIpc) is 3.33. The number of nitrogens with one attached hydrogen (secondary N) is 2. The second kappa shape index (κ2) is 10.3. The zero-order valence-corrected chi connectivity index (χ0v) is 17.7. The van der Waals surface area contributed by atoms with E-state index in [1.165, 1.54) is 18.2 Å². The number of anilines is 2. The number of benzene rings is 3. The van der Waals surface area contributed by atoms with Gasteiger partial charge in [-0.3, -0.25) is 4.79 Å². The SMILES string of the molecule is O=C(Nc1cccc(F)c1)c1cccc(NC(=O)N(Cc2ccccc2)Cc2ccco2)c1. The fourth-order valence-electron chi connectivity index (χ4n) is 3.30. The molecule has 0 aliphatic rings. The molecule has 1 aromatic heterocycles. The molecule has 0 aliphatic carbocycles. The summed E-state index contributed by atoms with van der Waals surface area (Å²) in [6, 6.07) is 25.1. The van der Waals surface area contributed by atoms with Crippen molar-refractivity contribution in [2.75, 3.05) is 10.6 Å². The molecule has 0 unspecified atom stereocenters. The summed E-state index contributed by atoms with van der Waals surface area (Å²) in [6.07, 6.45) is 1.56. The summed E-state index contributed by atoms with van der Waals surface area (Å²) >= 11 is 0. The van der Waals surface area contributed by atoms with Crippen molar-refractivity contribution in [2.45, 2.75) is 13.1 Å². The molecular formula is C26H22FN3O3. The highest BCUT2D eigenvalue weighted by Crippen LogP contribution is 2.17. The molecule has 0 bridgehead atoms. The lowest BCUT2D eigenvalue weighted by molar-refractivity contribution is 0.102. The van der Waals surface area contributed by atoms with Crippen molar-refractivity contribution in [1.82, 2.24) is 4.90 Å². The van der Waals surface area contributed by atoms with Gasteiger partial charge in [0.1, 0.15) is 11.6 Å². The monoisotopic (exact) mass is 443 g/mol. The standard InChI is InChI=1S/C26H22FN3O3/c27-21-10-5-12-23(16-21)28-25(31)20-9-4-11-22(15-20)29-26(32)30(18-24-13-6-14-33-24)17-19-7-2-1-3-8-19/h1-16H,17-18H2,(H,28,31)(H,29,32). The van der Waals surface area contributed by atoms with Crippen LogP contribution < -0.4 is 10.6 Å². The molecule has 7 heteroatoms. The molecule has 2 N–H and O–H groups in total. The fraction of sp³-hybridized carbons (Fsp3) is 0.0769. The number of halogens is 1. The predicted molar refractivity (Wildman–Crippen MR) is 124 cm³/mol. The summed E-state index contributed by atoms with van der Waals surface area (Å²) in [5, 5.41) is 5.50. The zero-order chi connectivity index (χ0) is 23.0. The summed E-state index contributed by atoms with van der Waals surface area (Å²) in [5.41, 5.74) is 2.12. The molecular weight excluding hydrogens is 421 g/mol. The van der Waals surface area contributed by atoms with Gasteiger partial charge in [0.25, 0.3) is 5.91 Å². The van der Waals surface area contributed by atoms with Gasteiger partial charge in [0.05, 0.1) is 12.8 Å². The van der Waals surface area contributed by atoms with Gasteiger partial charge in [0, 0.05) is 23.5 Å². The van der Waals surface area contributed by atoms with Crippen LogP contribution in [0.15, 0.2) is 102 Å². The summed E-state index contributed by atoms with van der Waals surface area (Å²) in [4.78, 5) is 27.3. The van der Waals surface area contributed by atoms with Crippen LogP contribution in [0.25, 0.3) is 0 Å². The van der Waals surface area contributed by atoms with Gasteiger partial charge in [-0.05, 0) is 54.1 Å². The Morgan fingerprint density at radius 1 is 0.788 bits per heavy atom. The first-order valence-corrected chi connectivity index (χ1v) is 10.4. The Bertz CT molecular complexity index is 1230. The third-order valence-corrected chi connectivity index (χ3v) is 4.89. The average molecular weight is 443 g/mol. The van der Waals surface area contributed by atoms with Gasteiger partial charge in [-0.1, -0.05) is 42.5 Å². The Morgan fingerprint density at radius 3 is 2.27 bits per heavy atom. The molecule has 0 aliphatic heterocycles. The third kappa shape index (κ3) is 6.07. The summed E-state index contributed by atoms with van der Waals surface area (Å²) in [5.74, 6) is -0.193. The van der Waals surface area contributed by atoms with Gasteiger partial charge in [-0.25, -0.2) is 9.18 Å². The van der Waals surface area contributed by atoms with E-state index in [1.807, 2.05) is 36.4 Å². The number of furan rings is 1. The number of rotatable bonds is 7. The Morgan fingerprint density at radius 2 is 1.55 bits per heavy atom. The van der Waals surface area contributed by atoms with E-state index < -0.39 is 11.7 Å². The van der Waals surface area contributed by atoms with Crippen LogP contribution >= 0.6 is 0 Å². The maximum absolute atomic E-state index is 13.4. The summed E-state index contributed by atoms with van der Waals surface area (Å²) in [7, 11) is 0. The van der Waals surface area contributed by atoms with Gasteiger partial charge in [0.15, 0.2) is 0 Å². The van der Waals surface area contributed by atoms with E-state index in [0.717, 1.165) is 5.56 Å². The molecule has 0 saturated carbocycles. The second-order valence-electron chi connectivity index (χ2n) is 7.40. The second-order valence-corrected chi connectivity index (χ2v) is 7.40. The van der Waals surface area contributed by atoms with E-state index in [4.69, 9.17) is 4.42 Å². The lowest BCUT2D eigenvalue weighted by atomic mass is 10.1. The lowest BCUT2D eigenvalue weighted by Gasteiger charge is -2.22. The van der Waals surface area contributed by atoms with Gasteiger partial charge in [0.2, 0.25) is 0 Å². The first-order chi connectivity index (χ1) is 16.1. The molecule has 0 spiro atoms. The first kappa shape index (κ1) is 21.8. The molecule has 0 atom stereocenters. The normalized spacial score (nSPS) is 10.5. The topological polar surface area (TPSA) is 74.6 Å². The Hall–Kier alpha value is -4.39. The predicted octanol–water partition coefficient (Wildman–Crippen LogP) is 5.91. The number of hydrogen-bond acceptors (Lipinski definition) is 3. The van der Waals surface area contributed by atoms with Crippen molar-refractivity contribution in [3.63, 3.8) is 0 Å². The maximum Gasteiger partial charge on any atom is 0.322 e. The van der Waals surface area contributed by atoms with E-state index in [2.05, 4.69) is 10.6 Å². The molecule has 33 heavy (non-hydrogen) atoms. The summed E-state index contributed by atoms with van der Waals surface area (Å²) < 4.78 is 18.8. The van der Waals surface area contributed by atoms with Crippen LogP contribution in [-0.2, 0) is 13.1 Å². The molecule has 0 saturated heterocycles. The van der Waals surface area contributed by atoms with Crippen LogP contribution in [0.4, 0.5) is 20.6 Å². The molecule has 166 valence electrons. The zero-order valence-electron chi connectivity index (χ0n) is 17.7. The fourth-order valence-corrected chi connectivity index (χ4v) is 3.30. The number of hydrogen-bond donors (Lipinski definition) is 2. The Labute approximate surface area is 190 Å². The maximum atomic E-state index is 13.4. The highest BCUT2D eigenvalue weighted by molar-refractivity contribution is 6.05. The van der Waals surface area contributed by atoms with Gasteiger partial charge in [-0.2, -0.15) is 0 Å². The van der Waals surface area contributed by atoms with Crippen molar-refractivity contribution in [2.24, 2.45) is 0 Å². The number of carbonyl (C=O) groups excluding carboxylic acids is 2. The summed E-state index contributed by atoms with van der Waals surface area (Å²) in [6.45, 7) is 0.667. The van der Waals surface area contributed by atoms with E-state index in [1.54, 1.807) is 47.6 Å². The highest BCUT2D eigenvalue weighted by atomic mass is 19.1. The van der Waals surface area contributed by atoms with E-state index in [9.17, 15) is 14.0 Å². The van der Waals surface area contributed by atoms with Crippen LogP contribution in [0, 0.1) is 5.82 Å². The molecule has 3 amide bonds. The molecule has 0 radical (unpaired) electrons. The Kier molecular flexibility index (Phi) is 6.80. The first-order valence-electron chi connectivity index (χ1n) is 10.4. The Balaban J connectivity index is 1.47. The van der Waals surface area contributed by atoms with Gasteiger partial charge >= 0.3 is 6.03 Å². The molecule has 4 rings (SSSR count). The van der Waals surface area contributed by atoms with Crippen LogP contribution in [0.2, 0.25) is 0 Å². The van der Waals surface area contributed by atoms with Crippen molar-refractivity contribution in [1.29, 1.82) is 0 Å². The van der Waals surface area contributed by atoms with Gasteiger partial charge < -0.3 is 20.0 Å². The van der Waals surface area contributed by atoms with Crippen molar-refractivity contribution in [3.05, 3.63) is 120 Å². The minimum atomic E-state index is -0.441. The minimum Gasteiger partial charge on any atom is -0.467 e. The van der Waals surface area contributed by atoms with Crippen molar-refractivity contribution >= 4 is 23.3 Å². The van der Waals surface area contributed by atoms with Crippen LogP contribution in [0.5, 0.6) is 0 Å². The van der Waals surface area contributed by atoms with Crippen molar-refractivity contribution in [3.8, 4) is 0 Å². The minimum absolute atomic E-state index is 0.285. The smallest absolute Gasteiger partial charge is 0.322 e. The highest BCUT2D eigenvalue weighted by Gasteiger charge is 2.17. The number of urea groups is 1. The number of amides is 3.